The van der Waals surface area contributed by atoms with Crippen molar-refractivity contribution < 1.29 is 9.13 Å². The average Bonchev–Trinajstić information content (AvgIpc) is 2.64. The molecule has 1 aromatic carbocycles. The number of halogens is 1. The summed E-state index contributed by atoms with van der Waals surface area (Å²) in [5, 5.41) is 0. The van der Waals surface area contributed by atoms with Crippen molar-refractivity contribution in [3.63, 3.8) is 0 Å². The van der Waals surface area contributed by atoms with E-state index in [-0.39, 0.29) is 5.82 Å². The van der Waals surface area contributed by atoms with Gasteiger partial charge < -0.3 is 4.74 Å². The Balaban J connectivity index is 1.52. The highest BCUT2D eigenvalue weighted by Gasteiger charge is 2.31. The normalized spacial score (nSPS) is 31.1. The lowest BCUT2D eigenvalue weighted by Gasteiger charge is -2.38. The van der Waals surface area contributed by atoms with E-state index < -0.39 is 0 Å². The van der Waals surface area contributed by atoms with Crippen LogP contribution in [0.25, 0.3) is 0 Å². The van der Waals surface area contributed by atoms with Crippen LogP contribution in [0, 0.1) is 23.6 Å². The predicted molar refractivity (Wildman–Crippen MR) is 97.6 cm³/mol. The molecule has 2 heteroatoms. The van der Waals surface area contributed by atoms with Crippen LogP contribution >= 0.6 is 0 Å². The molecule has 0 heterocycles. The summed E-state index contributed by atoms with van der Waals surface area (Å²) in [7, 11) is 1.61. The van der Waals surface area contributed by atoms with Crippen molar-refractivity contribution in [1.29, 1.82) is 0 Å². The van der Waals surface area contributed by atoms with Crippen molar-refractivity contribution in [2.45, 2.75) is 77.2 Å². The van der Waals surface area contributed by atoms with Gasteiger partial charge in [0.1, 0.15) is 5.82 Å². The largest absolute Gasteiger partial charge is 0.380 e. The van der Waals surface area contributed by atoms with Crippen LogP contribution in [-0.2, 0) is 11.3 Å². The lowest BCUT2D eigenvalue weighted by atomic mass is 9.68. The third-order valence-electron chi connectivity index (χ3n) is 6.76. The lowest BCUT2D eigenvalue weighted by molar-refractivity contribution is 0.158. The zero-order valence-electron chi connectivity index (χ0n) is 15.4. The van der Waals surface area contributed by atoms with Crippen LogP contribution in [0.1, 0.15) is 81.8 Å². The van der Waals surface area contributed by atoms with Crippen molar-refractivity contribution in [2.24, 2.45) is 17.8 Å². The second kappa shape index (κ2) is 8.47. The van der Waals surface area contributed by atoms with Crippen LogP contribution in [0.5, 0.6) is 0 Å². The Labute approximate surface area is 147 Å². The summed E-state index contributed by atoms with van der Waals surface area (Å²) in [5.74, 6) is 3.34. The molecule has 134 valence electrons. The lowest BCUT2D eigenvalue weighted by Crippen LogP contribution is -2.25. The Morgan fingerprint density at radius 3 is 2.12 bits per heavy atom. The molecule has 0 aliphatic heterocycles. The first-order chi connectivity index (χ1) is 11.7. The third-order valence-corrected chi connectivity index (χ3v) is 6.76. The van der Waals surface area contributed by atoms with E-state index in [2.05, 4.69) is 13.0 Å². The fraction of sp³-hybridized carbons (Fsp3) is 0.727. The van der Waals surface area contributed by atoms with E-state index >= 15 is 0 Å². The van der Waals surface area contributed by atoms with E-state index in [1.54, 1.807) is 13.2 Å². The summed E-state index contributed by atoms with van der Waals surface area (Å²) in [6.45, 7) is 2.70. The number of hydrogen-bond acceptors (Lipinski definition) is 1. The van der Waals surface area contributed by atoms with Gasteiger partial charge >= 0.3 is 0 Å². The first-order valence-corrected chi connectivity index (χ1v) is 9.98. The molecule has 1 nitrogen and oxygen atoms in total. The average molecular weight is 333 g/mol. The molecule has 0 atom stereocenters. The third kappa shape index (κ3) is 4.20. The smallest absolute Gasteiger partial charge is 0.129 e. The summed E-state index contributed by atoms with van der Waals surface area (Å²) in [6, 6.07) is 5.78. The van der Waals surface area contributed by atoms with E-state index in [1.165, 1.54) is 63.4 Å². The summed E-state index contributed by atoms with van der Waals surface area (Å²) >= 11 is 0. The zero-order chi connectivity index (χ0) is 16.9. The number of ether oxygens (including phenoxy) is 1. The maximum atomic E-state index is 14.1. The fourth-order valence-electron chi connectivity index (χ4n) is 5.08. The molecule has 0 spiro atoms. The number of benzene rings is 1. The highest BCUT2D eigenvalue weighted by Crippen LogP contribution is 2.44. The fourth-order valence-corrected chi connectivity index (χ4v) is 5.08. The van der Waals surface area contributed by atoms with Crippen LogP contribution in [0.4, 0.5) is 4.39 Å². The molecule has 2 saturated carbocycles. The second-order valence-corrected chi connectivity index (χ2v) is 8.08. The highest BCUT2D eigenvalue weighted by atomic mass is 19.1. The van der Waals surface area contributed by atoms with Gasteiger partial charge in [0.05, 0.1) is 6.61 Å². The van der Waals surface area contributed by atoms with Gasteiger partial charge in [-0.3, -0.25) is 0 Å². The van der Waals surface area contributed by atoms with Crippen molar-refractivity contribution in [2.75, 3.05) is 7.11 Å². The van der Waals surface area contributed by atoms with Gasteiger partial charge in [-0.05, 0) is 73.8 Å². The molecule has 24 heavy (non-hydrogen) atoms. The van der Waals surface area contributed by atoms with Gasteiger partial charge in [0.15, 0.2) is 0 Å². The molecule has 0 N–H and O–H groups in total. The van der Waals surface area contributed by atoms with Gasteiger partial charge in [0, 0.05) is 12.7 Å². The Bertz CT molecular complexity index is 511. The van der Waals surface area contributed by atoms with E-state index in [4.69, 9.17) is 4.74 Å². The summed E-state index contributed by atoms with van der Waals surface area (Å²) in [6.07, 6.45) is 12.3. The van der Waals surface area contributed by atoms with E-state index in [0.29, 0.717) is 18.1 Å². The molecule has 0 aromatic heterocycles. The minimum absolute atomic E-state index is 0.102. The quantitative estimate of drug-likeness (QED) is 0.601. The molecular weight excluding hydrogens is 299 g/mol. The second-order valence-electron chi connectivity index (χ2n) is 8.08. The Hall–Kier alpha value is -0.890. The first-order valence-electron chi connectivity index (χ1n) is 9.98. The molecule has 2 aliphatic carbocycles. The Morgan fingerprint density at radius 2 is 1.58 bits per heavy atom. The van der Waals surface area contributed by atoms with E-state index in [1.807, 2.05) is 6.07 Å². The Kier molecular flexibility index (Phi) is 6.32. The standard InChI is InChI=1S/C22H33FO/c1-3-16-4-6-17(7-5-16)18-8-10-19(11-9-18)20-12-13-21(15-24-2)22(23)14-20/h12-14,16-19H,3-11,15H2,1-2H3. The summed E-state index contributed by atoms with van der Waals surface area (Å²) in [4.78, 5) is 0. The topological polar surface area (TPSA) is 9.23 Å². The SMILES string of the molecule is CCC1CCC(C2CCC(c3ccc(COC)c(F)c3)CC2)CC1. The van der Waals surface area contributed by atoms with Crippen molar-refractivity contribution in [1.82, 2.24) is 0 Å². The molecule has 0 saturated heterocycles. The molecule has 2 aliphatic rings. The summed E-state index contributed by atoms with van der Waals surface area (Å²) < 4.78 is 19.2. The van der Waals surface area contributed by atoms with Crippen molar-refractivity contribution >= 4 is 0 Å². The van der Waals surface area contributed by atoms with Crippen LogP contribution in [0.3, 0.4) is 0 Å². The van der Waals surface area contributed by atoms with Gasteiger partial charge in [0.2, 0.25) is 0 Å². The van der Waals surface area contributed by atoms with Crippen molar-refractivity contribution in [3.05, 3.63) is 35.1 Å². The van der Waals surface area contributed by atoms with Gasteiger partial charge in [0.25, 0.3) is 0 Å². The minimum atomic E-state index is -0.102. The van der Waals surface area contributed by atoms with Crippen LogP contribution < -0.4 is 0 Å². The molecule has 0 bridgehead atoms. The minimum Gasteiger partial charge on any atom is -0.380 e. The molecule has 3 rings (SSSR count). The Morgan fingerprint density at radius 1 is 0.958 bits per heavy atom. The van der Waals surface area contributed by atoms with E-state index in [0.717, 1.165) is 17.8 Å². The number of methoxy groups -OCH3 is 1. The van der Waals surface area contributed by atoms with Gasteiger partial charge in [-0.2, -0.15) is 0 Å². The molecule has 0 radical (unpaired) electrons. The van der Waals surface area contributed by atoms with Crippen LogP contribution in [-0.4, -0.2) is 7.11 Å². The number of rotatable bonds is 5. The molecule has 0 amide bonds. The van der Waals surface area contributed by atoms with Crippen LogP contribution in [0.15, 0.2) is 18.2 Å². The monoisotopic (exact) mass is 332 g/mol. The van der Waals surface area contributed by atoms with Gasteiger partial charge in [-0.15, -0.1) is 0 Å². The van der Waals surface area contributed by atoms with Crippen LogP contribution in [0.2, 0.25) is 0 Å². The van der Waals surface area contributed by atoms with Gasteiger partial charge in [-0.1, -0.05) is 38.3 Å². The first kappa shape index (κ1) is 17.9. The highest BCUT2D eigenvalue weighted by molar-refractivity contribution is 5.27. The van der Waals surface area contributed by atoms with E-state index in [9.17, 15) is 4.39 Å². The van der Waals surface area contributed by atoms with Crippen molar-refractivity contribution in [3.8, 4) is 0 Å². The summed E-state index contributed by atoms with van der Waals surface area (Å²) in [5.41, 5.74) is 1.86. The van der Waals surface area contributed by atoms with Gasteiger partial charge in [-0.25, -0.2) is 4.39 Å². The molecule has 0 unspecified atom stereocenters. The number of hydrogen-bond donors (Lipinski definition) is 0. The maximum absolute atomic E-state index is 14.1. The predicted octanol–water partition coefficient (Wildman–Crippen LogP) is 6.46. The molecule has 1 aromatic rings. The molecule has 2 fully saturated rings. The zero-order valence-corrected chi connectivity index (χ0v) is 15.4. The molecular formula is C22H33FO. The maximum Gasteiger partial charge on any atom is 0.129 e.